The second-order valence-electron chi connectivity index (χ2n) is 6.70. The molecule has 1 atom stereocenters. The van der Waals surface area contributed by atoms with E-state index >= 15 is 0 Å². The Morgan fingerprint density at radius 1 is 1.32 bits per heavy atom. The number of fused-ring (bicyclic) bond motifs is 1. The molecule has 0 saturated heterocycles. The molecule has 0 spiro atoms. The fraction of sp³-hybridized carbons (Fsp3) is 0.444. The Morgan fingerprint density at radius 2 is 2.04 bits per heavy atom. The van der Waals surface area contributed by atoms with Gasteiger partial charge < -0.3 is 20.7 Å². The number of aliphatic imine (C=N–C) groups is 1. The standard InChI is InChI=1S/C18H22F3N5O.HI/c1-26-10-9-23-15(26)17(27,18(19,20)21)7-8-24-16(22)25-14-6-5-12-3-2-4-13(12)11-14;/h5-6,9-11,27H,2-4,7-8H2,1H3,(H3,22,24,25);1H. The van der Waals surface area contributed by atoms with E-state index < -0.39 is 24.0 Å². The third kappa shape index (κ3) is 4.59. The number of aryl methyl sites for hydroxylation is 3. The number of nitrogens with two attached hydrogens (primary N) is 1. The van der Waals surface area contributed by atoms with Gasteiger partial charge >= 0.3 is 6.18 Å². The van der Waals surface area contributed by atoms with Gasteiger partial charge in [0.25, 0.3) is 0 Å². The number of halogens is 4. The molecule has 1 aliphatic carbocycles. The molecule has 0 aliphatic heterocycles. The number of aliphatic hydroxyl groups is 1. The normalized spacial score (nSPS) is 16.2. The Balaban J connectivity index is 0.00000280. The molecule has 3 rings (SSSR count). The number of imidazole rings is 1. The van der Waals surface area contributed by atoms with E-state index in [-0.39, 0.29) is 36.5 Å². The molecule has 2 aromatic rings. The average molecular weight is 509 g/mol. The zero-order valence-corrected chi connectivity index (χ0v) is 17.7. The van der Waals surface area contributed by atoms with Crippen molar-refractivity contribution >= 4 is 35.6 Å². The number of hydrogen-bond donors (Lipinski definition) is 3. The maximum Gasteiger partial charge on any atom is 0.424 e. The van der Waals surface area contributed by atoms with E-state index in [0.717, 1.165) is 29.5 Å². The third-order valence-electron chi connectivity index (χ3n) is 4.79. The van der Waals surface area contributed by atoms with Gasteiger partial charge in [-0.1, -0.05) is 6.07 Å². The molecule has 0 radical (unpaired) electrons. The summed E-state index contributed by atoms with van der Waals surface area (Å²) in [5.41, 5.74) is 5.99. The van der Waals surface area contributed by atoms with Crippen molar-refractivity contribution < 1.29 is 18.3 Å². The molecule has 1 unspecified atom stereocenters. The van der Waals surface area contributed by atoms with Crippen LogP contribution in [0.15, 0.2) is 35.6 Å². The van der Waals surface area contributed by atoms with E-state index in [1.807, 2.05) is 18.2 Å². The van der Waals surface area contributed by atoms with Crippen LogP contribution in [0.4, 0.5) is 18.9 Å². The minimum atomic E-state index is -4.89. The van der Waals surface area contributed by atoms with Gasteiger partial charge in [-0.15, -0.1) is 24.0 Å². The first-order valence-corrected chi connectivity index (χ1v) is 8.66. The van der Waals surface area contributed by atoms with Gasteiger partial charge in [-0.2, -0.15) is 13.2 Å². The number of nitrogens with zero attached hydrogens (tertiary/aromatic N) is 3. The lowest BCUT2D eigenvalue weighted by molar-refractivity contribution is -0.272. The molecule has 0 bridgehead atoms. The van der Waals surface area contributed by atoms with Gasteiger partial charge in [0.1, 0.15) is 5.82 Å². The highest BCUT2D eigenvalue weighted by molar-refractivity contribution is 14.0. The molecule has 0 amide bonds. The smallest absolute Gasteiger partial charge is 0.374 e. The van der Waals surface area contributed by atoms with E-state index in [1.54, 1.807) is 0 Å². The molecule has 1 aliphatic rings. The quantitative estimate of drug-likeness (QED) is 0.329. The number of guanidine groups is 1. The first kappa shape index (κ1) is 22.5. The molecular weight excluding hydrogens is 486 g/mol. The SMILES string of the molecule is Cn1ccnc1C(O)(CCN=C(N)Nc1ccc2c(c1)CCC2)C(F)(F)F.I. The van der Waals surface area contributed by atoms with Crippen LogP contribution in [0, 0.1) is 0 Å². The molecule has 1 aromatic heterocycles. The molecule has 1 heterocycles. The van der Waals surface area contributed by atoms with Crippen LogP contribution in [-0.2, 0) is 25.5 Å². The highest BCUT2D eigenvalue weighted by Gasteiger charge is 2.57. The summed E-state index contributed by atoms with van der Waals surface area (Å²) in [6.45, 7) is -0.313. The Morgan fingerprint density at radius 3 is 2.68 bits per heavy atom. The Kier molecular flexibility index (Phi) is 6.97. The van der Waals surface area contributed by atoms with Crippen LogP contribution in [0.5, 0.6) is 0 Å². The minimum absolute atomic E-state index is 0. The Bertz CT molecular complexity index is 852. The number of nitrogens with one attached hydrogen (secondary N) is 1. The first-order valence-electron chi connectivity index (χ1n) is 8.66. The van der Waals surface area contributed by atoms with E-state index in [0.29, 0.717) is 0 Å². The fourth-order valence-electron chi connectivity index (χ4n) is 3.32. The molecular formula is C18H23F3IN5O. The number of rotatable bonds is 5. The summed E-state index contributed by atoms with van der Waals surface area (Å²) in [6.07, 6.45) is 0.161. The van der Waals surface area contributed by atoms with Crippen LogP contribution in [0.3, 0.4) is 0 Å². The topological polar surface area (TPSA) is 88.5 Å². The van der Waals surface area contributed by atoms with Gasteiger partial charge in [0.2, 0.25) is 5.60 Å². The molecule has 1 aromatic carbocycles. The van der Waals surface area contributed by atoms with E-state index in [4.69, 9.17) is 5.73 Å². The zero-order valence-electron chi connectivity index (χ0n) is 15.3. The fourth-order valence-corrected chi connectivity index (χ4v) is 3.32. The monoisotopic (exact) mass is 509 g/mol. The van der Waals surface area contributed by atoms with Crippen molar-refractivity contribution in [2.45, 2.75) is 37.5 Å². The van der Waals surface area contributed by atoms with Gasteiger partial charge in [-0.05, 0) is 42.5 Å². The molecule has 6 nitrogen and oxygen atoms in total. The summed E-state index contributed by atoms with van der Waals surface area (Å²) in [6, 6.07) is 5.86. The second kappa shape index (κ2) is 8.68. The van der Waals surface area contributed by atoms with Crippen molar-refractivity contribution in [2.24, 2.45) is 17.8 Å². The maximum atomic E-state index is 13.4. The van der Waals surface area contributed by atoms with Crippen molar-refractivity contribution in [3.8, 4) is 0 Å². The lowest BCUT2D eigenvalue weighted by Gasteiger charge is -2.29. The molecule has 0 fully saturated rings. The summed E-state index contributed by atoms with van der Waals surface area (Å²) in [4.78, 5) is 7.59. The molecule has 10 heteroatoms. The van der Waals surface area contributed by atoms with E-state index in [1.165, 1.54) is 30.6 Å². The van der Waals surface area contributed by atoms with Crippen LogP contribution in [0.2, 0.25) is 0 Å². The predicted octanol–water partition coefficient (Wildman–Crippen LogP) is 3.09. The van der Waals surface area contributed by atoms with Crippen molar-refractivity contribution in [2.75, 3.05) is 11.9 Å². The van der Waals surface area contributed by atoms with Crippen LogP contribution in [-0.4, -0.2) is 33.3 Å². The van der Waals surface area contributed by atoms with Gasteiger partial charge in [0, 0.05) is 38.1 Å². The molecule has 4 N–H and O–H groups in total. The van der Waals surface area contributed by atoms with Crippen LogP contribution in [0.1, 0.15) is 29.8 Å². The van der Waals surface area contributed by atoms with Crippen molar-refractivity contribution in [1.82, 2.24) is 9.55 Å². The second-order valence-corrected chi connectivity index (χ2v) is 6.70. The third-order valence-corrected chi connectivity index (χ3v) is 4.79. The van der Waals surface area contributed by atoms with E-state index in [9.17, 15) is 18.3 Å². The minimum Gasteiger partial charge on any atom is -0.374 e. The largest absolute Gasteiger partial charge is 0.424 e. The summed E-state index contributed by atoms with van der Waals surface area (Å²) in [5.74, 6) is -0.479. The van der Waals surface area contributed by atoms with Gasteiger partial charge in [0.05, 0.1) is 0 Å². The van der Waals surface area contributed by atoms with Crippen LogP contribution < -0.4 is 11.1 Å². The van der Waals surface area contributed by atoms with Crippen molar-refractivity contribution in [3.05, 3.63) is 47.5 Å². The van der Waals surface area contributed by atoms with Gasteiger partial charge in [-0.25, -0.2) is 4.98 Å². The van der Waals surface area contributed by atoms with Crippen molar-refractivity contribution in [3.63, 3.8) is 0 Å². The lowest BCUT2D eigenvalue weighted by Crippen LogP contribution is -2.45. The Hall–Kier alpha value is -1.82. The van der Waals surface area contributed by atoms with Crippen molar-refractivity contribution in [1.29, 1.82) is 0 Å². The summed E-state index contributed by atoms with van der Waals surface area (Å²) >= 11 is 0. The number of benzene rings is 1. The zero-order chi connectivity index (χ0) is 19.7. The number of alkyl halides is 3. The number of aromatic nitrogens is 2. The summed E-state index contributed by atoms with van der Waals surface area (Å²) in [5, 5.41) is 13.1. The molecule has 28 heavy (non-hydrogen) atoms. The Labute approximate surface area is 178 Å². The maximum absolute atomic E-state index is 13.4. The highest BCUT2D eigenvalue weighted by atomic mass is 127. The van der Waals surface area contributed by atoms with Crippen LogP contribution >= 0.6 is 24.0 Å². The first-order chi connectivity index (χ1) is 12.7. The number of hydrogen-bond acceptors (Lipinski definition) is 3. The summed E-state index contributed by atoms with van der Waals surface area (Å²) < 4.78 is 41.5. The average Bonchev–Trinajstić information content (AvgIpc) is 3.21. The van der Waals surface area contributed by atoms with Crippen LogP contribution in [0.25, 0.3) is 0 Å². The molecule has 154 valence electrons. The highest BCUT2D eigenvalue weighted by Crippen LogP contribution is 2.40. The number of anilines is 1. The summed E-state index contributed by atoms with van der Waals surface area (Å²) in [7, 11) is 1.39. The lowest BCUT2D eigenvalue weighted by atomic mass is 9.98. The predicted molar refractivity (Wildman–Crippen MR) is 112 cm³/mol. The van der Waals surface area contributed by atoms with Gasteiger partial charge in [-0.3, -0.25) is 4.99 Å². The van der Waals surface area contributed by atoms with E-state index in [2.05, 4.69) is 15.3 Å². The molecule has 0 saturated carbocycles. The van der Waals surface area contributed by atoms with Gasteiger partial charge in [0.15, 0.2) is 5.96 Å².